The lowest BCUT2D eigenvalue weighted by Gasteiger charge is -2.27. The maximum Gasteiger partial charge on any atom is 0.236 e. The highest BCUT2D eigenvalue weighted by Crippen LogP contribution is 2.17. The lowest BCUT2D eigenvalue weighted by molar-refractivity contribution is -0.129. The van der Waals surface area contributed by atoms with Gasteiger partial charge < -0.3 is 10.2 Å². The molecular weight excluding hydrogens is 214 g/mol. The Kier molecular flexibility index (Phi) is 6.52. The highest BCUT2D eigenvalue weighted by atomic mass is 16.2. The molecule has 0 aromatic rings. The van der Waals surface area contributed by atoms with Gasteiger partial charge in [0.2, 0.25) is 5.91 Å². The van der Waals surface area contributed by atoms with Crippen molar-refractivity contribution in [2.24, 2.45) is 0 Å². The fraction of sp³-hybridized carbons (Fsp3) is 0.923. The normalized spacial score (nSPS) is 20.8. The second kappa shape index (κ2) is 7.67. The Morgan fingerprint density at radius 1 is 1.47 bits per heavy atom. The lowest BCUT2D eigenvalue weighted by Crippen LogP contribution is -2.43. The van der Waals surface area contributed by atoms with Crippen LogP contribution in [-0.4, -0.2) is 61.5 Å². The number of nitrogens with zero attached hydrogens (tertiary/aromatic N) is 2. The maximum absolute atomic E-state index is 11.8. The van der Waals surface area contributed by atoms with E-state index in [-0.39, 0.29) is 5.91 Å². The van der Waals surface area contributed by atoms with Gasteiger partial charge in [-0.2, -0.15) is 0 Å². The minimum absolute atomic E-state index is 0.210. The van der Waals surface area contributed by atoms with Crippen molar-refractivity contribution in [1.29, 1.82) is 0 Å². The molecular formula is C13H27N3O. The summed E-state index contributed by atoms with van der Waals surface area (Å²) >= 11 is 0. The second-order valence-electron chi connectivity index (χ2n) is 4.88. The fourth-order valence-electron chi connectivity index (χ4n) is 2.44. The summed E-state index contributed by atoms with van der Waals surface area (Å²) < 4.78 is 0. The smallest absolute Gasteiger partial charge is 0.236 e. The average Bonchev–Trinajstić information content (AvgIpc) is 2.76. The van der Waals surface area contributed by atoms with E-state index in [4.69, 9.17) is 0 Å². The van der Waals surface area contributed by atoms with E-state index in [2.05, 4.69) is 24.1 Å². The molecule has 1 heterocycles. The number of amides is 1. The van der Waals surface area contributed by atoms with Crippen molar-refractivity contribution in [2.45, 2.75) is 39.2 Å². The van der Waals surface area contributed by atoms with Crippen molar-refractivity contribution in [3.63, 3.8) is 0 Å². The Balaban J connectivity index is 2.27. The monoisotopic (exact) mass is 241 g/mol. The SMILES string of the molecule is CCCNCC(=O)N(C)CC1CCCN1CC. The van der Waals surface area contributed by atoms with Gasteiger partial charge in [-0.15, -0.1) is 0 Å². The van der Waals surface area contributed by atoms with Crippen molar-refractivity contribution in [2.75, 3.05) is 39.8 Å². The van der Waals surface area contributed by atoms with Gasteiger partial charge in [0.25, 0.3) is 0 Å². The molecule has 1 amide bonds. The molecule has 1 saturated heterocycles. The van der Waals surface area contributed by atoms with Crippen LogP contribution in [0.5, 0.6) is 0 Å². The summed E-state index contributed by atoms with van der Waals surface area (Å²) in [5, 5.41) is 3.16. The minimum Gasteiger partial charge on any atom is -0.343 e. The summed E-state index contributed by atoms with van der Waals surface area (Å²) in [5.41, 5.74) is 0. The first-order valence-electron chi connectivity index (χ1n) is 6.87. The van der Waals surface area contributed by atoms with Gasteiger partial charge in [0.1, 0.15) is 0 Å². The van der Waals surface area contributed by atoms with Crippen molar-refractivity contribution in [3.8, 4) is 0 Å². The number of hydrogen-bond donors (Lipinski definition) is 1. The van der Waals surface area contributed by atoms with E-state index < -0.39 is 0 Å². The Labute approximate surface area is 105 Å². The number of carbonyl (C=O) groups is 1. The number of rotatable bonds is 7. The molecule has 17 heavy (non-hydrogen) atoms. The third-order valence-corrected chi connectivity index (χ3v) is 3.52. The van der Waals surface area contributed by atoms with E-state index in [1.54, 1.807) is 0 Å². The lowest BCUT2D eigenvalue weighted by atomic mass is 10.2. The topological polar surface area (TPSA) is 35.6 Å². The Morgan fingerprint density at radius 2 is 2.24 bits per heavy atom. The van der Waals surface area contributed by atoms with Gasteiger partial charge in [-0.05, 0) is 38.9 Å². The van der Waals surface area contributed by atoms with Gasteiger partial charge >= 0.3 is 0 Å². The number of hydrogen-bond acceptors (Lipinski definition) is 3. The number of carbonyl (C=O) groups excluding carboxylic acids is 1. The average molecular weight is 241 g/mol. The van der Waals surface area contributed by atoms with Crippen LogP contribution in [0.15, 0.2) is 0 Å². The quantitative estimate of drug-likeness (QED) is 0.674. The highest BCUT2D eigenvalue weighted by molar-refractivity contribution is 5.78. The van der Waals surface area contributed by atoms with Crippen LogP contribution in [0.2, 0.25) is 0 Å². The van der Waals surface area contributed by atoms with Crippen LogP contribution in [0.4, 0.5) is 0 Å². The van der Waals surface area contributed by atoms with Crippen molar-refractivity contribution in [1.82, 2.24) is 15.1 Å². The van der Waals surface area contributed by atoms with Gasteiger partial charge in [-0.25, -0.2) is 0 Å². The third kappa shape index (κ3) is 4.64. The molecule has 1 unspecified atom stereocenters. The van der Waals surface area contributed by atoms with Crippen LogP contribution in [-0.2, 0) is 4.79 Å². The maximum atomic E-state index is 11.8. The molecule has 4 heteroatoms. The van der Waals surface area contributed by atoms with E-state index in [9.17, 15) is 4.79 Å². The molecule has 0 saturated carbocycles. The van der Waals surface area contributed by atoms with Gasteiger partial charge in [-0.1, -0.05) is 13.8 Å². The van der Waals surface area contributed by atoms with Crippen LogP contribution in [0.25, 0.3) is 0 Å². The molecule has 1 aliphatic heterocycles. The third-order valence-electron chi connectivity index (χ3n) is 3.52. The molecule has 100 valence electrons. The molecule has 0 aromatic carbocycles. The van der Waals surface area contributed by atoms with E-state index in [0.29, 0.717) is 12.6 Å². The second-order valence-corrected chi connectivity index (χ2v) is 4.88. The summed E-state index contributed by atoms with van der Waals surface area (Å²) in [7, 11) is 1.92. The zero-order valence-electron chi connectivity index (χ0n) is 11.5. The molecule has 0 spiro atoms. The van der Waals surface area contributed by atoms with Crippen LogP contribution in [0.1, 0.15) is 33.1 Å². The predicted molar refractivity (Wildman–Crippen MR) is 71.1 cm³/mol. The molecule has 1 fully saturated rings. The first kappa shape index (κ1) is 14.5. The molecule has 0 aliphatic carbocycles. The van der Waals surface area contributed by atoms with E-state index in [1.165, 1.54) is 19.4 Å². The summed E-state index contributed by atoms with van der Waals surface area (Å²) in [4.78, 5) is 16.2. The largest absolute Gasteiger partial charge is 0.343 e. The van der Waals surface area contributed by atoms with Gasteiger partial charge in [-0.3, -0.25) is 9.69 Å². The summed E-state index contributed by atoms with van der Waals surface area (Å²) in [6.45, 7) is 8.87. The first-order chi connectivity index (χ1) is 8.19. The summed E-state index contributed by atoms with van der Waals surface area (Å²) in [5.74, 6) is 0.210. The number of nitrogens with one attached hydrogen (secondary N) is 1. The fourth-order valence-corrected chi connectivity index (χ4v) is 2.44. The van der Waals surface area contributed by atoms with Gasteiger partial charge in [0.05, 0.1) is 6.54 Å². The molecule has 0 bridgehead atoms. The van der Waals surface area contributed by atoms with Crippen LogP contribution in [0, 0.1) is 0 Å². The molecule has 0 radical (unpaired) electrons. The first-order valence-corrected chi connectivity index (χ1v) is 6.87. The zero-order valence-corrected chi connectivity index (χ0v) is 11.5. The number of likely N-dealkylation sites (tertiary alicyclic amines) is 1. The van der Waals surface area contributed by atoms with Crippen LogP contribution < -0.4 is 5.32 Å². The molecule has 0 aromatic heterocycles. The van der Waals surface area contributed by atoms with Gasteiger partial charge in [0, 0.05) is 19.6 Å². The number of likely N-dealkylation sites (N-methyl/N-ethyl adjacent to an activating group) is 2. The minimum atomic E-state index is 0.210. The van der Waals surface area contributed by atoms with Gasteiger partial charge in [0.15, 0.2) is 0 Å². The predicted octanol–water partition coefficient (Wildman–Crippen LogP) is 0.929. The molecule has 1 aliphatic rings. The Hall–Kier alpha value is -0.610. The van der Waals surface area contributed by atoms with E-state index in [1.807, 2.05) is 11.9 Å². The molecule has 1 atom stereocenters. The highest BCUT2D eigenvalue weighted by Gasteiger charge is 2.25. The summed E-state index contributed by atoms with van der Waals surface area (Å²) in [6, 6.07) is 0.570. The van der Waals surface area contributed by atoms with Crippen molar-refractivity contribution in [3.05, 3.63) is 0 Å². The van der Waals surface area contributed by atoms with Crippen molar-refractivity contribution < 1.29 is 4.79 Å². The Bertz CT molecular complexity index is 233. The molecule has 1 rings (SSSR count). The van der Waals surface area contributed by atoms with E-state index in [0.717, 1.165) is 26.1 Å². The van der Waals surface area contributed by atoms with Crippen molar-refractivity contribution >= 4 is 5.91 Å². The summed E-state index contributed by atoms with van der Waals surface area (Å²) in [6.07, 6.45) is 3.58. The molecule has 4 nitrogen and oxygen atoms in total. The zero-order chi connectivity index (χ0) is 12.7. The van der Waals surface area contributed by atoms with Crippen LogP contribution in [0.3, 0.4) is 0 Å². The van der Waals surface area contributed by atoms with Crippen LogP contribution >= 0.6 is 0 Å². The standard InChI is InChI=1S/C13H27N3O/c1-4-8-14-10-13(17)15(3)11-12-7-6-9-16(12)5-2/h12,14H,4-11H2,1-3H3. The molecule has 1 N–H and O–H groups in total. The van der Waals surface area contributed by atoms with E-state index >= 15 is 0 Å². The Morgan fingerprint density at radius 3 is 2.88 bits per heavy atom.